The molecule has 0 heterocycles. The quantitative estimate of drug-likeness (QED) is 0.353. The van der Waals surface area contributed by atoms with Crippen LogP contribution in [0.2, 0.25) is 0 Å². The van der Waals surface area contributed by atoms with Gasteiger partial charge in [0.25, 0.3) is 5.69 Å². The van der Waals surface area contributed by atoms with Crippen LogP contribution in [0.15, 0.2) is 29.2 Å². The number of hydrogen-bond acceptors (Lipinski definition) is 6. The number of nitrogens with zero attached hydrogens (tertiary/aromatic N) is 1. The molecule has 10 heteroatoms. The van der Waals surface area contributed by atoms with Crippen molar-refractivity contribution in [2.45, 2.75) is 17.9 Å². The zero-order valence-electron chi connectivity index (χ0n) is 12.1. The Balaban J connectivity index is 2.65. The molecule has 1 unspecified atom stereocenters. The number of thioether (sulfide) groups is 1. The van der Waals surface area contributed by atoms with E-state index in [0.717, 1.165) is 0 Å². The monoisotopic (exact) mass is 341 g/mol. The van der Waals surface area contributed by atoms with Gasteiger partial charge in [0.2, 0.25) is 11.8 Å². The Bertz CT molecular complexity index is 604. The minimum atomic E-state index is -1.19. The number of rotatable bonds is 8. The van der Waals surface area contributed by atoms with Crippen LogP contribution in [0.4, 0.5) is 5.69 Å². The van der Waals surface area contributed by atoms with Gasteiger partial charge in [-0.25, -0.2) is 0 Å². The Morgan fingerprint density at radius 1 is 1.30 bits per heavy atom. The summed E-state index contributed by atoms with van der Waals surface area (Å²) in [5.41, 5.74) is -0.0491. The molecular formula is C13H15N3O6S. The summed E-state index contributed by atoms with van der Waals surface area (Å²) >= 11 is 1.21. The van der Waals surface area contributed by atoms with Crippen LogP contribution in [-0.4, -0.2) is 46.2 Å². The minimum absolute atomic E-state index is 0.0491. The lowest BCUT2D eigenvalue weighted by atomic mass is 10.3. The van der Waals surface area contributed by atoms with Gasteiger partial charge in [-0.2, -0.15) is 0 Å². The summed E-state index contributed by atoms with van der Waals surface area (Å²) in [4.78, 5) is 44.2. The molecule has 23 heavy (non-hydrogen) atoms. The highest BCUT2D eigenvalue weighted by Gasteiger charge is 2.20. The number of carbonyl (C=O) groups is 3. The fourth-order valence-electron chi connectivity index (χ4n) is 1.56. The first-order chi connectivity index (χ1) is 10.8. The molecule has 0 saturated heterocycles. The maximum atomic E-state index is 11.9. The molecule has 0 spiro atoms. The van der Waals surface area contributed by atoms with Crippen LogP contribution in [0.25, 0.3) is 0 Å². The van der Waals surface area contributed by atoms with Crippen molar-refractivity contribution in [1.82, 2.24) is 10.6 Å². The molecule has 9 nitrogen and oxygen atoms in total. The number of aliphatic carboxylic acids is 1. The van der Waals surface area contributed by atoms with Crippen molar-refractivity contribution in [3.63, 3.8) is 0 Å². The van der Waals surface area contributed by atoms with Crippen LogP contribution in [0.1, 0.15) is 6.92 Å². The second kappa shape index (κ2) is 8.73. The van der Waals surface area contributed by atoms with Gasteiger partial charge in [-0.05, 0) is 12.1 Å². The van der Waals surface area contributed by atoms with Crippen molar-refractivity contribution in [1.29, 1.82) is 0 Å². The normalized spacial score (nSPS) is 11.3. The predicted molar refractivity (Wildman–Crippen MR) is 82.1 cm³/mol. The van der Waals surface area contributed by atoms with Crippen LogP contribution < -0.4 is 10.6 Å². The molecule has 1 aromatic rings. The molecule has 0 saturated carbocycles. The minimum Gasteiger partial charge on any atom is -0.480 e. The number of carboxylic acid groups (broad SMARTS) is 1. The third-order valence-corrected chi connectivity index (χ3v) is 3.68. The van der Waals surface area contributed by atoms with E-state index in [2.05, 4.69) is 10.6 Å². The molecule has 0 aromatic heterocycles. The number of benzene rings is 1. The molecule has 0 aliphatic rings. The van der Waals surface area contributed by atoms with Crippen molar-refractivity contribution in [2.24, 2.45) is 0 Å². The zero-order valence-corrected chi connectivity index (χ0v) is 13.0. The molecule has 0 aliphatic heterocycles. The number of carboxylic acids is 1. The average molecular weight is 341 g/mol. The first kappa shape index (κ1) is 18.4. The fraction of sp³-hybridized carbons (Fsp3) is 0.308. The van der Waals surface area contributed by atoms with E-state index in [-0.39, 0.29) is 11.4 Å². The molecule has 0 radical (unpaired) electrons. The molecule has 0 bridgehead atoms. The van der Waals surface area contributed by atoms with Gasteiger partial charge in [0.05, 0.1) is 4.92 Å². The fourth-order valence-corrected chi connectivity index (χ4v) is 2.48. The second-order valence-corrected chi connectivity index (χ2v) is 5.52. The SMILES string of the molecule is CC(=O)NC(CSc1ccc([N+](=O)[O-])cc1)C(=O)NCC(=O)O. The van der Waals surface area contributed by atoms with E-state index < -0.39 is 35.3 Å². The Hall–Kier alpha value is -2.62. The number of nitro groups is 1. The summed E-state index contributed by atoms with van der Waals surface area (Å²) in [6, 6.07) is 4.82. The summed E-state index contributed by atoms with van der Waals surface area (Å²) < 4.78 is 0. The maximum absolute atomic E-state index is 11.9. The van der Waals surface area contributed by atoms with Crippen molar-refractivity contribution >= 4 is 35.2 Å². The Labute approximate surface area is 135 Å². The predicted octanol–water partition coefficient (Wildman–Crippen LogP) is 0.392. The Kier molecular flexibility index (Phi) is 7.00. The summed E-state index contributed by atoms with van der Waals surface area (Å²) in [6.07, 6.45) is 0. The van der Waals surface area contributed by atoms with Crippen molar-refractivity contribution in [3.05, 3.63) is 34.4 Å². The number of non-ortho nitro benzene ring substituents is 1. The van der Waals surface area contributed by atoms with Gasteiger partial charge in [0.15, 0.2) is 0 Å². The first-order valence-corrected chi connectivity index (χ1v) is 7.42. The van der Waals surface area contributed by atoms with Crippen LogP contribution in [0, 0.1) is 10.1 Å². The highest BCUT2D eigenvalue weighted by atomic mass is 32.2. The lowest BCUT2D eigenvalue weighted by Crippen LogP contribution is -2.48. The molecule has 1 aromatic carbocycles. The van der Waals surface area contributed by atoms with E-state index in [9.17, 15) is 24.5 Å². The van der Waals surface area contributed by atoms with E-state index in [1.54, 1.807) is 0 Å². The molecular weight excluding hydrogens is 326 g/mol. The van der Waals surface area contributed by atoms with Gasteiger partial charge in [-0.3, -0.25) is 24.5 Å². The van der Waals surface area contributed by atoms with Gasteiger partial charge >= 0.3 is 5.97 Å². The highest BCUT2D eigenvalue weighted by Crippen LogP contribution is 2.22. The largest absolute Gasteiger partial charge is 0.480 e. The molecule has 1 atom stereocenters. The van der Waals surface area contributed by atoms with Crippen LogP contribution in [0.5, 0.6) is 0 Å². The van der Waals surface area contributed by atoms with Gasteiger partial charge < -0.3 is 15.7 Å². The standard InChI is InChI=1S/C13H15N3O6S/c1-8(17)15-11(13(20)14-6-12(18)19)7-23-10-4-2-9(3-5-10)16(21)22/h2-5,11H,6-7H2,1H3,(H,14,20)(H,15,17)(H,18,19). The maximum Gasteiger partial charge on any atom is 0.322 e. The number of nitro benzene ring substituents is 1. The van der Waals surface area contributed by atoms with Gasteiger partial charge in [-0.1, -0.05) is 0 Å². The summed E-state index contributed by atoms with van der Waals surface area (Å²) in [5.74, 6) is -2.08. The molecule has 0 fully saturated rings. The summed E-state index contributed by atoms with van der Waals surface area (Å²) in [7, 11) is 0. The third-order valence-electron chi connectivity index (χ3n) is 2.57. The van der Waals surface area contributed by atoms with E-state index in [0.29, 0.717) is 4.90 Å². The average Bonchev–Trinajstić information content (AvgIpc) is 2.49. The summed E-state index contributed by atoms with van der Waals surface area (Å²) in [6.45, 7) is 0.700. The van der Waals surface area contributed by atoms with Crippen molar-refractivity contribution < 1.29 is 24.4 Å². The van der Waals surface area contributed by atoms with E-state index in [1.807, 2.05) is 0 Å². The number of amides is 2. The molecule has 3 N–H and O–H groups in total. The first-order valence-electron chi connectivity index (χ1n) is 6.43. The molecule has 0 aliphatic carbocycles. The van der Waals surface area contributed by atoms with Gasteiger partial charge in [0, 0.05) is 29.7 Å². The van der Waals surface area contributed by atoms with Crippen LogP contribution in [-0.2, 0) is 14.4 Å². The van der Waals surface area contributed by atoms with Crippen molar-refractivity contribution in [2.75, 3.05) is 12.3 Å². The van der Waals surface area contributed by atoms with Crippen LogP contribution in [0.3, 0.4) is 0 Å². The zero-order chi connectivity index (χ0) is 17.4. The Morgan fingerprint density at radius 3 is 2.39 bits per heavy atom. The third kappa shape index (κ3) is 6.78. The van der Waals surface area contributed by atoms with Gasteiger partial charge in [0.1, 0.15) is 12.6 Å². The number of nitrogens with one attached hydrogen (secondary N) is 2. The van der Waals surface area contributed by atoms with E-state index in [1.165, 1.54) is 43.0 Å². The Morgan fingerprint density at radius 2 is 1.91 bits per heavy atom. The second-order valence-electron chi connectivity index (χ2n) is 4.43. The smallest absolute Gasteiger partial charge is 0.322 e. The molecule has 2 amide bonds. The van der Waals surface area contributed by atoms with E-state index >= 15 is 0 Å². The topological polar surface area (TPSA) is 139 Å². The van der Waals surface area contributed by atoms with Crippen LogP contribution >= 0.6 is 11.8 Å². The van der Waals surface area contributed by atoms with Gasteiger partial charge in [-0.15, -0.1) is 11.8 Å². The van der Waals surface area contributed by atoms with Crippen molar-refractivity contribution in [3.8, 4) is 0 Å². The summed E-state index contributed by atoms with van der Waals surface area (Å²) in [5, 5.41) is 23.7. The number of carbonyl (C=O) groups excluding carboxylic acids is 2. The highest BCUT2D eigenvalue weighted by molar-refractivity contribution is 7.99. The lowest BCUT2D eigenvalue weighted by molar-refractivity contribution is -0.384. The molecule has 124 valence electrons. The number of hydrogen-bond donors (Lipinski definition) is 3. The molecule has 1 rings (SSSR count). The van der Waals surface area contributed by atoms with E-state index in [4.69, 9.17) is 5.11 Å². The lowest BCUT2D eigenvalue weighted by Gasteiger charge is -2.16.